The first-order chi connectivity index (χ1) is 5.65. The normalized spacial score (nSPS) is 22.2. The van der Waals surface area contributed by atoms with Crippen molar-refractivity contribution in [1.29, 1.82) is 0 Å². The predicted molar refractivity (Wildman–Crippen MR) is 48.8 cm³/mol. The number of carbonyl (C=O) groups is 2. The van der Waals surface area contributed by atoms with Crippen molar-refractivity contribution in [3.63, 3.8) is 0 Å². The van der Waals surface area contributed by atoms with Crippen LogP contribution < -0.4 is 5.32 Å². The molecule has 1 aliphatic rings. The summed E-state index contributed by atoms with van der Waals surface area (Å²) in [5.74, 6) is -0.914. The van der Waals surface area contributed by atoms with Gasteiger partial charge in [0.1, 0.15) is 4.32 Å². The minimum atomic E-state index is -0.808. The van der Waals surface area contributed by atoms with E-state index in [-0.39, 0.29) is 12.5 Å². The first-order valence-electron chi connectivity index (χ1n) is 3.33. The van der Waals surface area contributed by atoms with Crippen LogP contribution in [0.15, 0.2) is 0 Å². The number of ether oxygens (including phenoxy) is 1. The lowest BCUT2D eigenvalue weighted by Gasteiger charge is -2.03. The quantitative estimate of drug-likeness (QED) is 0.392. The summed E-state index contributed by atoms with van der Waals surface area (Å²) < 4.78 is 5.00. The molecule has 0 bridgehead atoms. The molecule has 1 saturated heterocycles. The van der Waals surface area contributed by atoms with E-state index >= 15 is 0 Å². The molecule has 1 rings (SSSR count). The summed E-state index contributed by atoms with van der Waals surface area (Å²) in [6.45, 7) is 1.96. The fourth-order valence-electron chi connectivity index (χ4n) is 0.729. The highest BCUT2D eigenvalue weighted by molar-refractivity contribution is 8.24. The molecule has 66 valence electrons. The number of hydrogen-bond acceptors (Lipinski definition) is 5. The lowest BCUT2D eigenvalue weighted by atomic mass is 10.4. The van der Waals surface area contributed by atoms with Crippen molar-refractivity contribution < 1.29 is 14.3 Å². The Morgan fingerprint density at radius 2 is 2.50 bits per heavy atom. The topological polar surface area (TPSA) is 55.4 Å². The molecule has 1 fully saturated rings. The Morgan fingerprint density at radius 1 is 1.83 bits per heavy atom. The van der Waals surface area contributed by atoms with E-state index < -0.39 is 11.2 Å². The lowest BCUT2D eigenvalue weighted by Crippen LogP contribution is -2.31. The van der Waals surface area contributed by atoms with Crippen LogP contribution in [0.4, 0.5) is 0 Å². The van der Waals surface area contributed by atoms with Crippen LogP contribution in [-0.2, 0) is 14.3 Å². The zero-order valence-electron chi connectivity index (χ0n) is 6.33. The molecule has 4 nitrogen and oxygen atoms in total. The number of thiocarbonyl (C=S) groups is 1. The molecule has 1 N–H and O–H groups in total. The molecule has 1 heterocycles. The summed E-state index contributed by atoms with van der Waals surface area (Å²) in [4.78, 5) is 22.0. The minimum Gasteiger partial charge on any atom is -0.465 e. The minimum absolute atomic E-state index is 0.274. The second-order valence-corrected chi connectivity index (χ2v) is 3.81. The van der Waals surface area contributed by atoms with E-state index in [1.165, 1.54) is 0 Å². The van der Waals surface area contributed by atoms with Crippen LogP contribution >= 0.6 is 24.0 Å². The van der Waals surface area contributed by atoms with Gasteiger partial charge in [-0.15, -0.1) is 0 Å². The van der Waals surface area contributed by atoms with Gasteiger partial charge in [0, 0.05) is 0 Å². The number of hydrogen-bond donors (Lipinski definition) is 1. The molecule has 0 radical (unpaired) electrons. The van der Waals surface area contributed by atoms with Crippen molar-refractivity contribution in [2.75, 3.05) is 6.61 Å². The molecular formula is C6H7NO3S2. The van der Waals surface area contributed by atoms with Crippen molar-refractivity contribution in [2.45, 2.75) is 12.2 Å². The van der Waals surface area contributed by atoms with E-state index in [0.29, 0.717) is 4.32 Å². The van der Waals surface area contributed by atoms with Crippen molar-refractivity contribution in [3.05, 3.63) is 0 Å². The largest absolute Gasteiger partial charge is 0.465 e. The van der Waals surface area contributed by atoms with Crippen LogP contribution in [0.5, 0.6) is 0 Å². The third-order valence-corrected chi connectivity index (χ3v) is 2.54. The Hall–Kier alpha value is -0.620. The van der Waals surface area contributed by atoms with Gasteiger partial charge in [-0.3, -0.25) is 9.59 Å². The van der Waals surface area contributed by atoms with Crippen molar-refractivity contribution in [3.8, 4) is 0 Å². The summed E-state index contributed by atoms with van der Waals surface area (Å²) in [7, 11) is 0. The second kappa shape index (κ2) is 3.86. The molecular weight excluding hydrogens is 198 g/mol. The molecule has 1 aliphatic heterocycles. The Balaban J connectivity index is 2.58. The monoisotopic (exact) mass is 205 g/mol. The number of nitrogens with one attached hydrogen (secondary N) is 1. The molecule has 12 heavy (non-hydrogen) atoms. The first-order valence-corrected chi connectivity index (χ1v) is 4.62. The molecule has 0 saturated carbocycles. The van der Waals surface area contributed by atoms with Crippen LogP contribution in [0.1, 0.15) is 6.92 Å². The smallest absolute Gasteiger partial charge is 0.329 e. The molecule has 0 aliphatic carbocycles. The Labute approximate surface area is 79.0 Å². The summed E-state index contributed by atoms with van der Waals surface area (Å²) in [6, 6.07) is 0. The summed E-state index contributed by atoms with van der Waals surface area (Å²) in [5, 5.41) is 1.55. The maximum Gasteiger partial charge on any atom is 0.329 e. The predicted octanol–water partition coefficient (Wildman–Crippen LogP) is 0.0660. The molecule has 6 heteroatoms. The first kappa shape index (κ1) is 9.47. The van der Waals surface area contributed by atoms with Crippen molar-refractivity contribution >= 4 is 40.2 Å². The van der Waals surface area contributed by atoms with E-state index in [4.69, 9.17) is 12.2 Å². The van der Waals surface area contributed by atoms with Gasteiger partial charge >= 0.3 is 5.97 Å². The summed E-state index contributed by atoms with van der Waals surface area (Å²) in [5.41, 5.74) is 0. The van der Waals surface area contributed by atoms with Crippen LogP contribution in [-0.4, -0.2) is 28.1 Å². The number of carbonyl (C=O) groups excluding carboxylic acids is 2. The highest BCUT2D eigenvalue weighted by Crippen LogP contribution is 2.20. The second-order valence-electron chi connectivity index (χ2n) is 2.03. The summed E-state index contributed by atoms with van der Waals surface area (Å²) >= 11 is 5.72. The Morgan fingerprint density at radius 3 is 2.92 bits per heavy atom. The van der Waals surface area contributed by atoms with Crippen LogP contribution in [0.3, 0.4) is 0 Å². The highest BCUT2D eigenvalue weighted by atomic mass is 32.2. The third-order valence-electron chi connectivity index (χ3n) is 1.19. The molecule has 0 aromatic rings. The van der Waals surface area contributed by atoms with Crippen LogP contribution in [0.2, 0.25) is 0 Å². The number of thioether (sulfide) groups is 1. The average molecular weight is 205 g/mol. The fraction of sp³-hybridized carbons (Fsp3) is 0.500. The molecule has 0 aromatic carbocycles. The summed E-state index contributed by atoms with van der Waals surface area (Å²) in [6.07, 6.45) is 0. The van der Waals surface area contributed by atoms with Gasteiger partial charge in [-0.25, -0.2) is 0 Å². The zero-order valence-corrected chi connectivity index (χ0v) is 7.96. The molecule has 0 spiro atoms. The Bertz CT molecular complexity index is 241. The van der Waals surface area contributed by atoms with Crippen molar-refractivity contribution in [1.82, 2.24) is 5.32 Å². The average Bonchev–Trinajstić information content (AvgIpc) is 2.30. The van der Waals surface area contributed by atoms with E-state index in [1.54, 1.807) is 6.92 Å². The van der Waals surface area contributed by atoms with Gasteiger partial charge in [-0.05, 0) is 6.92 Å². The fourth-order valence-corrected chi connectivity index (χ4v) is 1.82. The molecule has 1 atom stereocenters. The van der Waals surface area contributed by atoms with Gasteiger partial charge in [-0.2, -0.15) is 0 Å². The third kappa shape index (κ3) is 1.95. The van der Waals surface area contributed by atoms with Gasteiger partial charge in [0.2, 0.25) is 5.91 Å². The van der Waals surface area contributed by atoms with Crippen molar-refractivity contribution in [2.24, 2.45) is 0 Å². The van der Waals surface area contributed by atoms with Gasteiger partial charge in [0.25, 0.3) is 0 Å². The lowest BCUT2D eigenvalue weighted by molar-refractivity contribution is -0.144. The molecule has 1 unspecified atom stereocenters. The van der Waals surface area contributed by atoms with E-state index in [9.17, 15) is 9.59 Å². The maximum atomic E-state index is 11.0. The molecule has 1 amide bonds. The highest BCUT2D eigenvalue weighted by Gasteiger charge is 2.36. The number of rotatable bonds is 2. The van der Waals surface area contributed by atoms with E-state index in [1.807, 2.05) is 0 Å². The van der Waals surface area contributed by atoms with Gasteiger partial charge < -0.3 is 10.1 Å². The van der Waals surface area contributed by atoms with Gasteiger partial charge in [0.05, 0.1) is 6.61 Å². The van der Waals surface area contributed by atoms with Crippen LogP contribution in [0.25, 0.3) is 0 Å². The van der Waals surface area contributed by atoms with Gasteiger partial charge in [-0.1, -0.05) is 24.0 Å². The zero-order chi connectivity index (χ0) is 9.14. The maximum absolute atomic E-state index is 11.0. The number of esters is 1. The Kier molecular flexibility index (Phi) is 3.05. The number of amides is 1. The standard InChI is InChI=1S/C6H7NO3S2/c1-2-10-5(9)3-4(8)7-6(11)12-3/h3H,2H2,1H3,(H,7,8,11). The van der Waals surface area contributed by atoms with Crippen LogP contribution in [0, 0.1) is 0 Å². The SMILES string of the molecule is CCOC(=O)C1SC(=S)NC1=O. The van der Waals surface area contributed by atoms with E-state index in [0.717, 1.165) is 11.8 Å². The van der Waals surface area contributed by atoms with Gasteiger partial charge in [0.15, 0.2) is 5.25 Å². The molecule has 0 aromatic heterocycles. The van der Waals surface area contributed by atoms with E-state index in [2.05, 4.69) is 10.1 Å².